The van der Waals surface area contributed by atoms with Crippen LogP contribution in [-0.4, -0.2) is 26.0 Å². The number of ether oxygens (including phenoxy) is 2. The number of allylic oxidation sites excluding steroid dienone is 2. The fourth-order valence-corrected chi connectivity index (χ4v) is 2.52. The van der Waals surface area contributed by atoms with Crippen LogP contribution in [0.4, 0.5) is 0 Å². The molecule has 0 aliphatic carbocycles. The number of benzene rings is 2. The molecule has 0 unspecified atom stereocenters. The van der Waals surface area contributed by atoms with Crippen LogP contribution >= 0.6 is 0 Å². The minimum Gasteiger partial charge on any atom is -0.496 e. The van der Waals surface area contributed by atoms with Crippen molar-refractivity contribution in [3.05, 3.63) is 70.8 Å². The van der Waals surface area contributed by atoms with Gasteiger partial charge in [0.1, 0.15) is 18.1 Å². The smallest absolute Gasteiger partial charge is 0.178 e. The van der Waals surface area contributed by atoms with Gasteiger partial charge in [0.25, 0.3) is 0 Å². The van der Waals surface area contributed by atoms with Gasteiger partial charge in [0.05, 0.1) is 7.11 Å². The van der Waals surface area contributed by atoms with Crippen LogP contribution in [0.1, 0.15) is 22.3 Å². The van der Waals surface area contributed by atoms with Gasteiger partial charge < -0.3 is 15.2 Å². The molecule has 0 heterocycles. The van der Waals surface area contributed by atoms with Crippen molar-refractivity contribution in [3.8, 4) is 11.5 Å². The van der Waals surface area contributed by atoms with Crippen molar-refractivity contribution in [1.29, 1.82) is 0 Å². The third-order valence-electron chi connectivity index (χ3n) is 3.87. The number of rotatable bonds is 8. The summed E-state index contributed by atoms with van der Waals surface area (Å²) in [7, 11) is 1.64. The summed E-state index contributed by atoms with van der Waals surface area (Å²) in [6, 6.07) is 11.6. The predicted molar refractivity (Wildman–Crippen MR) is 107 cm³/mol. The van der Waals surface area contributed by atoms with Gasteiger partial charge in [-0.1, -0.05) is 24.3 Å². The molecule has 2 rings (SSSR count). The van der Waals surface area contributed by atoms with E-state index in [1.165, 1.54) is 0 Å². The van der Waals surface area contributed by atoms with Gasteiger partial charge in [-0.05, 0) is 72.5 Å². The van der Waals surface area contributed by atoms with E-state index in [0.29, 0.717) is 13.2 Å². The zero-order valence-electron chi connectivity index (χ0n) is 15.5. The number of methoxy groups -OCH3 is 1. The van der Waals surface area contributed by atoms with Crippen molar-refractivity contribution in [2.24, 2.45) is 5.73 Å². The van der Waals surface area contributed by atoms with Gasteiger partial charge in [-0.3, -0.25) is 4.79 Å². The highest BCUT2D eigenvalue weighted by molar-refractivity contribution is 6.04. The van der Waals surface area contributed by atoms with Crippen molar-refractivity contribution >= 4 is 17.9 Å². The van der Waals surface area contributed by atoms with Gasteiger partial charge in [0, 0.05) is 6.54 Å². The third kappa shape index (κ3) is 5.60. The Bertz CT molecular complexity index is 822. The molecule has 26 heavy (non-hydrogen) atoms. The lowest BCUT2D eigenvalue weighted by molar-refractivity contribution is -0.110. The first kappa shape index (κ1) is 19.5. The Hall–Kier alpha value is -2.85. The van der Waals surface area contributed by atoms with Crippen molar-refractivity contribution in [3.63, 3.8) is 0 Å². The fourth-order valence-electron chi connectivity index (χ4n) is 2.52. The first-order chi connectivity index (χ1) is 12.5. The molecule has 0 spiro atoms. The van der Waals surface area contributed by atoms with E-state index in [1.807, 2.05) is 50.2 Å². The van der Waals surface area contributed by atoms with E-state index in [2.05, 4.69) is 0 Å². The SMILES string of the molecule is COc1ccc(/C=C/C(=O)/C=C/c2ccc(OCCN)c(C)c2)cc1C. The minimum atomic E-state index is -0.0698. The molecule has 0 aromatic heterocycles. The summed E-state index contributed by atoms with van der Waals surface area (Å²) in [5.41, 5.74) is 9.40. The largest absolute Gasteiger partial charge is 0.496 e. The Kier molecular flexibility index (Phi) is 7.18. The van der Waals surface area contributed by atoms with Gasteiger partial charge in [0.15, 0.2) is 5.78 Å². The van der Waals surface area contributed by atoms with Gasteiger partial charge in [-0.15, -0.1) is 0 Å². The van der Waals surface area contributed by atoms with E-state index in [0.717, 1.165) is 33.8 Å². The van der Waals surface area contributed by atoms with E-state index in [9.17, 15) is 4.79 Å². The summed E-state index contributed by atoms with van der Waals surface area (Å²) in [5.74, 6) is 1.58. The third-order valence-corrected chi connectivity index (χ3v) is 3.87. The van der Waals surface area contributed by atoms with Crippen LogP contribution in [0.2, 0.25) is 0 Å². The highest BCUT2D eigenvalue weighted by Crippen LogP contribution is 2.20. The zero-order chi connectivity index (χ0) is 18.9. The number of carbonyl (C=O) groups excluding carboxylic acids is 1. The van der Waals surface area contributed by atoms with E-state index >= 15 is 0 Å². The molecular formula is C22H25NO3. The normalized spacial score (nSPS) is 11.2. The summed E-state index contributed by atoms with van der Waals surface area (Å²) >= 11 is 0. The molecule has 136 valence electrons. The second kappa shape index (κ2) is 9.59. The molecule has 2 N–H and O–H groups in total. The Morgan fingerprint density at radius 3 is 1.96 bits per heavy atom. The number of ketones is 1. The summed E-state index contributed by atoms with van der Waals surface area (Å²) in [4.78, 5) is 12.1. The Labute approximate surface area is 154 Å². The fraction of sp³-hybridized carbons (Fsp3) is 0.227. The molecule has 0 radical (unpaired) electrons. The molecule has 2 aromatic carbocycles. The van der Waals surface area contributed by atoms with Crippen molar-refractivity contribution in [2.75, 3.05) is 20.3 Å². The maximum absolute atomic E-state index is 12.1. The number of aryl methyl sites for hydroxylation is 2. The molecule has 0 fully saturated rings. The van der Waals surface area contributed by atoms with E-state index in [4.69, 9.17) is 15.2 Å². The number of hydrogen-bond donors (Lipinski definition) is 1. The monoisotopic (exact) mass is 351 g/mol. The molecule has 0 bridgehead atoms. The van der Waals surface area contributed by atoms with Crippen molar-refractivity contribution in [2.45, 2.75) is 13.8 Å². The van der Waals surface area contributed by atoms with Crippen LogP contribution < -0.4 is 15.2 Å². The maximum Gasteiger partial charge on any atom is 0.178 e. The standard InChI is InChI=1S/C22H25NO3/c1-16-14-18(6-10-21(16)25-3)4-8-20(24)9-5-19-7-11-22(17(2)15-19)26-13-12-23/h4-11,14-15H,12-13,23H2,1-3H3/b8-4+,9-5+. The molecule has 0 atom stereocenters. The molecule has 0 saturated carbocycles. The van der Waals surface area contributed by atoms with Crippen molar-refractivity contribution in [1.82, 2.24) is 0 Å². The zero-order valence-corrected chi connectivity index (χ0v) is 15.5. The molecule has 0 amide bonds. The number of hydrogen-bond acceptors (Lipinski definition) is 4. The highest BCUT2D eigenvalue weighted by Gasteiger charge is 2.00. The molecule has 0 aliphatic rings. The maximum atomic E-state index is 12.1. The molecule has 2 aromatic rings. The average molecular weight is 351 g/mol. The highest BCUT2D eigenvalue weighted by atomic mass is 16.5. The van der Waals surface area contributed by atoms with Crippen LogP contribution in [0.3, 0.4) is 0 Å². The minimum absolute atomic E-state index is 0.0698. The second-order valence-electron chi connectivity index (χ2n) is 5.96. The molecule has 0 aliphatic heterocycles. The lowest BCUT2D eigenvalue weighted by Gasteiger charge is -2.08. The number of carbonyl (C=O) groups is 1. The van der Waals surface area contributed by atoms with Gasteiger partial charge in [-0.2, -0.15) is 0 Å². The van der Waals surface area contributed by atoms with Crippen LogP contribution in [0.25, 0.3) is 12.2 Å². The predicted octanol–water partition coefficient (Wildman–Crippen LogP) is 3.95. The molecule has 0 saturated heterocycles. The lowest BCUT2D eigenvalue weighted by Crippen LogP contribution is -2.11. The Morgan fingerprint density at radius 1 is 0.962 bits per heavy atom. The molecule has 4 heteroatoms. The molecule has 4 nitrogen and oxygen atoms in total. The van der Waals surface area contributed by atoms with Crippen LogP contribution in [0.15, 0.2) is 48.6 Å². The summed E-state index contributed by atoms with van der Waals surface area (Å²) in [6.07, 6.45) is 6.71. The van der Waals surface area contributed by atoms with Gasteiger partial charge in [0.2, 0.25) is 0 Å². The van der Waals surface area contributed by atoms with Crippen molar-refractivity contribution < 1.29 is 14.3 Å². The first-order valence-corrected chi connectivity index (χ1v) is 8.51. The van der Waals surface area contributed by atoms with Gasteiger partial charge in [-0.25, -0.2) is 0 Å². The van der Waals surface area contributed by atoms with Crippen LogP contribution in [-0.2, 0) is 4.79 Å². The lowest BCUT2D eigenvalue weighted by atomic mass is 10.1. The summed E-state index contributed by atoms with van der Waals surface area (Å²) in [5, 5.41) is 0. The summed E-state index contributed by atoms with van der Waals surface area (Å²) in [6.45, 7) is 4.91. The van der Waals surface area contributed by atoms with E-state index in [-0.39, 0.29) is 5.78 Å². The second-order valence-corrected chi connectivity index (χ2v) is 5.96. The summed E-state index contributed by atoms with van der Waals surface area (Å²) < 4.78 is 10.8. The Balaban J connectivity index is 2.00. The first-order valence-electron chi connectivity index (χ1n) is 8.51. The number of nitrogens with two attached hydrogens (primary N) is 1. The van der Waals surface area contributed by atoms with E-state index < -0.39 is 0 Å². The topological polar surface area (TPSA) is 61.5 Å². The van der Waals surface area contributed by atoms with Gasteiger partial charge >= 0.3 is 0 Å². The quantitative estimate of drug-likeness (QED) is 0.732. The Morgan fingerprint density at radius 2 is 1.50 bits per heavy atom. The van der Waals surface area contributed by atoms with Crippen LogP contribution in [0, 0.1) is 13.8 Å². The van der Waals surface area contributed by atoms with E-state index in [1.54, 1.807) is 31.4 Å². The van der Waals surface area contributed by atoms with Crippen LogP contribution in [0.5, 0.6) is 11.5 Å². The average Bonchev–Trinajstić information content (AvgIpc) is 2.64. The molecular weight excluding hydrogens is 326 g/mol.